The second-order valence-corrected chi connectivity index (χ2v) is 7.57. The van der Waals surface area contributed by atoms with E-state index in [1.165, 1.54) is 0 Å². The highest BCUT2D eigenvalue weighted by molar-refractivity contribution is 9.13. The standard InChI is InChI=1S/C10H9Br2NOS2/c1-5-4-15-9(13-5)3-7(14)8-2-6(11)10(12)16-8/h2,4,7,14H,3H2,1H3. The summed E-state index contributed by atoms with van der Waals surface area (Å²) in [6.45, 7) is 1.96. The average Bonchev–Trinajstić information content (AvgIpc) is 2.75. The quantitative estimate of drug-likeness (QED) is 0.857. The van der Waals surface area contributed by atoms with Crippen molar-refractivity contribution in [3.05, 3.63) is 35.3 Å². The second kappa shape index (κ2) is 5.27. The number of aromatic nitrogens is 1. The molecule has 0 aliphatic rings. The lowest BCUT2D eigenvalue weighted by Gasteiger charge is -2.04. The molecule has 16 heavy (non-hydrogen) atoms. The lowest BCUT2D eigenvalue weighted by molar-refractivity contribution is 0.182. The van der Waals surface area contributed by atoms with Crippen LogP contribution in [-0.4, -0.2) is 10.1 Å². The van der Waals surface area contributed by atoms with Crippen LogP contribution < -0.4 is 0 Å². The minimum Gasteiger partial charge on any atom is -0.387 e. The topological polar surface area (TPSA) is 33.1 Å². The first-order chi connectivity index (χ1) is 7.56. The van der Waals surface area contributed by atoms with Crippen molar-refractivity contribution in [3.63, 3.8) is 0 Å². The summed E-state index contributed by atoms with van der Waals surface area (Å²) in [4.78, 5) is 5.30. The maximum Gasteiger partial charge on any atom is 0.0957 e. The van der Waals surface area contributed by atoms with Gasteiger partial charge in [0.2, 0.25) is 0 Å². The molecule has 0 fully saturated rings. The third-order valence-electron chi connectivity index (χ3n) is 2.03. The summed E-state index contributed by atoms with van der Waals surface area (Å²) in [6.07, 6.45) is 0.107. The fraction of sp³-hybridized carbons (Fsp3) is 0.300. The van der Waals surface area contributed by atoms with Crippen LogP contribution in [0, 0.1) is 6.92 Å². The van der Waals surface area contributed by atoms with Crippen LogP contribution in [0.5, 0.6) is 0 Å². The van der Waals surface area contributed by atoms with Crippen molar-refractivity contribution in [3.8, 4) is 0 Å². The van der Waals surface area contributed by atoms with Crippen LogP contribution in [0.3, 0.4) is 0 Å². The molecule has 1 N–H and O–H groups in total. The van der Waals surface area contributed by atoms with Crippen LogP contribution in [0.25, 0.3) is 0 Å². The van der Waals surface area contributed by atoms with Crippen molar-refractivity contribution in [2.45, 2.75) is 19.4 Å². The molecule has 0 amide bonds. The van der Waals surface area contributed by atoms with E-state index in [9.17, 15) is 5.11 Å². The smallest absolute Gasteiger partial charge is 0.0957 e. The summed E-state index contributed by atoms with van der Waals surface area (Å²) >= 11 is 9.97. The molecule has 0 bridgehead atoms. The van der Waals surface area contributed by atoms with E-state index in [1.807, 2.05) is 18.4 Å². The highest BCUT2D eigenvalue weighted by Gasteiger charge is 2.15. The van der Waals surface area contributed by atoms with E-state index in [0.717, 1.165) is 23.8 Å². The molecule has 0 aliphatic heterocycles. The van der Waals surface area contributed by atoms with E-state index in [4.69, 9.17) is 0 Å². The van der Waals surface area contributed by atoms with Crippen LogP contribution in [0.4, 0.5) is 0 Å². The molecule has 86 valence electrons. The number of aliphatic hydroxyl groups is 1. The van der Waals surface area contributed by atoms with Gasteiger partial charge in [0, 0.05) is 26.8 Å². The molecule has 2 rings (SSSR count). The molecule has 0 aromatic carbocycles. The van der Waals surface area contributed by atoms with Crippen LogP contribution in [-0.2, 0) is 6.42 Å². The number of aryl methyl sites for hydroxylation is 1. The van der Waals surface area contributed by atoms with Gasteiger partial charge in [-0.2, -0.15) is 0 Å². The van der Waals surface area contributed by atoms with Crippen LogP contribution in [0.2, 0.25) is 0 Å². The monoisotopic (exact) mass is 381 g/mol. The SMILES string of the molecule is Cc1csc(CC(O)c2cc(Br)c(Br)s2)n1. The molecule has 0 saturated carbocycles. The minimum atomic E-state index is -0.474. The van der Waals surface area contributed by atoms with Gasteiger partial charge in [-0.25, -0.2) is 4.98 Å². The number of thiophene rings is 1. The van der Waals surface area contributed by atoms with E-state index in [1.54, 1.807) is 22.7 Å². The normalized spacial score (nSPS) is 13.0. The molecule has 0 aliphatic carbocycles. The molecule has 2 aromatic heterocycles. The zero-order valence-corrected chi connectivity index (χ0v) is 13.2. The molecule has 1 atom stereocenters. The van der Waals surface area contributed by atoms with Gasteiger partial charge < -0.3 is 5.11 Å². The number of aliphatic hydroxyl groups excluding tert-OH is 1. The minimum absolute atomic E-state index is 0.474. The Morgan fingerprint density at radius 3 is 2.75 bits per heavy atom. The van der Waals surface area contributed by atoms with E-state index >= 15 is 0 Å². The van der Waals surface area contributed by atoms with Crippen molar-refractivity contribution >= 4 is 54.5 Å². The number of rotatable bonds is 3. The summed E-state index contributed by atoms with van der Waals surface area (Å²) in [5.74, 6) is 0. The highest BCUT2D eigenvalue weighted by Crippen LogP contribution is 2.36. The lowest BCUT2D eigenvalue weighted by Crippen LogP contribution is -1.99. The van der Waals surface area contributed by atoms with Crippen LogP contribution >= 0.6 is 54.5 Å². The Bertz CT molecular complexity index is 475. The van der Waals surface area contributed by atoms with Gasteiger partial charge in [-0.3, -0.25) is 0 Å². The summed E-state index contributed by atoms with van der Waals surface area (Å²) in [6, 6.07) is 1.94. The third-order valence-corrected chi connectivity index (χ3v) is 6.37. The molecule has 2 nitrogen and oxygen atoms in total. The zero-order chi connectivity index (χ0) is 11.7. The van der Waals surface area contributed by atoms with E-state index < -0.39 is 6.10 Å². The van der Waals surface area contributed by atoms with Crippen LogP contribution in [0.15, 0.2) is 19.7 Å². The Balaban J connectivity index is 2.11. The molecule has 0 saturated heterocycles. The maximum absolute atomic E-state index is 10.1. The number of hydrogen-bond acceptors (Lipinski definition) is 4. The predicted molar refractivity (Wildman–Crippen MR) is 75.2 cm³/mol. The third kappa shape index (κ3) is 2.92. The maximum atomic E-state index is 10.1. The molecule has 0 radical (unpaired) electrons. The van der Waals surface area contributed by atoms with E-state index in [2.05, 4.69) is 36.8 Å². The second-order valence-electron chi connectivity index (χ2n) is 3.37. The molecule has 0 spiro atoms. The summed E-state index contributed by atoms with van der Waals surface area (Å²) in [7, 11) is 0. The Hall–Kier alpha value is 0.250. The van der Waals surface area contributed by atoms with Gasteiger partial charge in [0.25, 0.3) is 0 Å². The number of halogens is 2. The summed E-state index contributed by atoms with van der Waals surface area (Å²) in [5.41, 5.74) is 1.01. The highest BCUT2D eigenvalue weighted by atomic mass is 79.9. The van der Waals surface area contributed by atoms with Gasteiger partial charge >= 0.3 is 0 Å². The Labute approximate surface area is 119 Å². The van der Waals surface area contributed by atoms with Crippen molar-refractivity contribution in [2.75, 3.05) is 0 Å². The first-order valence-electron chi connectivity index (χ1n) is 4.60. The first-order valence-corrected chi connectivity index (χ1v) is 7.88. The molecule has 2 aromatic rings. The molecule has 2 heterocycles. The van der Waals surface area contributed by atoms with Gasteiger partial charge in [-0.1, -0.05) is 0 Å². The first kappa shape index (κ1) is 12.7. The molecule has 1 unspecified atom stereocenters. The molecular formula is C10H9Br2NOS2. The van der Waals surface area contributed by atoms with Crippen molar-refractivity contribution < 1.29 is 5.11 Å². The summed E-state index contributed by atoms with van der Waals surface area (Å²) < 4.78 is 2.00. The predicted octanol–water partition coefficient (Wildman–Crippen LogP) is 4.31. The largest absolute Gasteiger partial charge is 0.387 e. The fourth-order valence-electron chi connectivity index (χ4n) is 1.29. The Morgan fingerprint density at radius 1 is 1.50 bits per heavy atom. The van der Waals surface area contributed by atoms with Crippen molar-refractivity contribution in [1.82, 2.24) is 4.98 Å². The number of hydrogen-bond donors (Lipinski definition) is 1. The van der Waals surface area contributed by atoms with Gasteiger partial charge in [-0.15, -0.1) is 22.7 Å². The molecular weight excluding hydrogens is 374 g/mol. The van der Waals surface area contributed by atoms with Gasteiger partial charge in [-0.05, 0) is 44.8 Å². The molecule has 6 heteroatoms. The van der Waals surface area contributed by atoms with E-state index in [0.29, 0.717) is 6.42 Å². The summed E-state index contributed by atoms with van der Waals surface area (Å²) in [5, 5.41) is 13.0. The van der Waals surface area contributed by atoms with Crippen molar-refractivity contribution in [1.29, 1.82) is 0 Å². The Morgan fingerprint density at radius 2 is 2.25 bits per heavy atom. The van der Waals surface area contributed by atoms with Gasteiger partial charge in [0.05, 0.1) is 14.9 Å². The Kier molecular flexibility index (Phi) is 4.18. The van der Waals surface area contributed by atoms with Crippen molar-refractivity contribution in [2.24, 2.45) is 0 Å². The lowest BCUT2D eigenvalue weighted by atomic mass is 10.2. The number of thiazole rings is 1. The van der Waals surface area contributed by atoms with Crippen LogP contribution in [0.1, 0.15) is 21.7 Å². The number of nitrogens with zero attached hydrogens (tertiary/aromatic N) is 1. The fourth-order valence-corrected chi connectivity index (χ4v) is 4.18. The zero-order valence-electron chi connectivity index (χ0n) is 8.41. The van der Waals surface area contributed by atoms with Gasteiger partial charge in [0.1, 0.15) is 0 Å². The van der Waals surface area contributed by atoms with E-state index in [-0.39, 0.29) is 0 Å². The average molecular weight is 383 g/mol. The van der Waals surface area contributed by atoms with Gasteiger partial charge in [0.15, 0.2) is 0 Å².